The largest absolute Gasteiger partial charge is 0.383 e. The summed E-state index contributed by atoms with van der Waals surface area (Å²) in [4.78, 5) is 0.338. The number of hydrogen-bond donors (Lipinski definition) is 1. The first-order chi connectivity index (χ1) is 14.1. The Hall–Kier alpha value is -1.77. The van der Waals surface area contributed by atoms with Crippen LogP contribution in [0.2, 0.25) is 0 Å². The molecule has 1 aliphatic heterocycles. The summed E-state index contributed by atoms with van der Waals surface area (Å²) in [6, 6.07) is 18.4. The maximum atomic E-state index is 12.9. The van der Waals surface area contributed by atoms with Crippen molar-refractivity contribution in [3.05, 3.63) is 66.2 Å². The van der Waals surface area contributed by atoms with Gasteiger partial charge in [-0.05, 0) is 30.5 Å². The molecule has 1 saturated heterocycles. The highest BCUT2D eigenvalue weighted by molar-refractivity contribution is 7.91. The molecule has 1 N–H and O–H groups in total. The van der Waals surface area contributed by atoms with Gasteiger partial charge in [0.2, 0.25) is 0 Å². The van der Waals surface area contributed by atoms with Gasteiger partial charge in [-0.15, -0.1) is 0 Å². The van der Waals surface area contributed by atoms with Crippen LogP contribution in [-0.2, 0) is 25.9 Å². The number of hydrazine groups is 1. The molecule has 0 radical (unpaired) electrons. The second kappa shape index (κ2) is 10.8. The van der Waals surface area contributed by atoms with E-state index in [1.165, 1.54) is 0 Å². The molecule has 2 atom stereocenters. The van der Waals surface area contributed by atoms with Gasteiger partial charge in [0.25, 0.3) is 0 Å². The van der Waals surface area contributed by atoms with Gasteiger partial charge in [0.05, 0.1) is 36.5 Å². The highest BCUT2D eigenvalue weighted by atomic mass is 32.2. The topological polar surface area (TPSA) is 67.9 Å². The van der Waals surface area contributed by atoms with Crippen LogP contribution < -0.4 is 5.43 Å². The third-order valence-electron chi connectivity index (χ3n) is 5.04. The van der Waals surface area contributed by atoms with Gasteiger partial charge in [0.1, 0.15) is 0 Å². The van der Waals surface area contributed by atoms with Gasteiger partial charge in [-0.2, -0.15) is 0 Å². The zero-order valence-electron chi connectivity index (χ0n) is 16.9. The average Bonchev–Trinajstić information content (AvgIpc) is 3.16. The summed E-state index contributed by atoms with van der Waals surface area (Å²) < 4.78 is 37.0. The van der Waals surface area contributed by atoms with Gasteiger partial charge in [-0.3, -0.25) is 0 Å². The molecule has 0 aromatic heterocycles. The van der Waals surface area contributed by atoms with Crippen molar-refractivity contribution in [1.29, 1.82) is 0 Å². The van der Waals surface area contributed by atoms with Crippen LogP contribution in [0.4, 0.5) is 0 Å². The van der Waals surface area contributed by atoms with Gasteiger partial charge in [0.15, 0.2) is 9.84 Å². The van der Waals surface area contributed by atoms with E-state index in [9.17, 15) is 8.42 Å². The summed E-state index contributed by atoms with van der Waals surface area (Å²) in [5.41, 5.74) is 4.48. The Morgan fingerprint density at radius 1 is 1.10 bits per heavy atom. The molecule has 0 saturated carbocycles. The van der Waals surface area contributed by atoms with E-state index in [-0.39, 0.29) is 17.8 Å². The van der Waals surface area contributed by atoms with Gasteiger partial charge < -0.3 is 9.47 Å². The fourth-order valence-electron chi connectivity index (χ4n) is 3.61. The number of benzene rings is 2. The average molecular weight is 419 g/mol. The number of sulfone groups is 1. The quantitative estimate of drug-likeness (QED) is 0.605. The van der Waals surface area contributed by atoms with Gasteiger partial charge in [0, 0.05) is 19.7 Å². The minimum absolute atomic E-state index is 0.0258. The first kappa shape index (κ1) is 21.9. The maximum absolute atomic E-state index is 12.9. The molecule has 0 spiro atoms. The predicted molar refractivity (Wildman–Crippen MR) is 113 cm³/mol. The molecule has 2 aromatic rings. The van der Waals surface area contributed by atoms with Crippen molar-refractivity contribution >= 4 is 9.84 Å². The normalized spacial score (nSPS) is 18.7. The Bertz CT molecular complexity index is 830. The lowest BCUT2D eigenvalue weighted by Gasteiger charge is -2.30. The van der Waals surface area contributed by atoms with Crippen molar-refractivity contribution in [3.8, 4) is 0 Å². The Morgan fingerprint density at radius 2 is 1.79 bits per heavy atom. The fourth-order valence-corrected chi connectivity index (χ4v) is 5.08. The molecule has 158 valence electrons. The number of rotatable bonds is 11. The third-order valence-corrected chi connectivity index (χ3v) is 6.87. The molecular formula is C22H30N2O4S. The first-order valence-corrected chi connectivity index (χ1v) is 11.6. The second-order valence-corrected chi connectivity index (χ2v) is 9.40. The van der Waals surface area contributed by atoms with Crippen molar-refractivity contribution in [1.82, 2.24) is 10.4 Å². The molecule has 1 heterocycles. The Labute approximate surface area is 173 Å². The standard InChI is InChI=1S/C22H30N2O4S/c1-27-17-21-11-8-14-24(21)23-20(16-28-15-19-9-4-2-5-10-19)18-29(25,26)22-12-6-3-7-13-22/h2-7,9-10,12-13,20-21,23H,8,11,14-18H2,1H3/t20-,21+/m1/s1. The summed E-state index contributed by atoms with van der Waals surface area (Å²) >= 11 is 0. The van der Waals surface area contributed by atoms with Crippen molar-refractivity contribution in [2.24, 2.45) is 0 Å². The van der Waals surface area contributed by atoms with Crippen LogP contribution in [0.1, 0.15) is 18.4 Å². The van der Waals surface area contributed by atoms with E-state index in [4.69, 9.17) is 9.47 Å². The molecule has 0 unspecified atom stereocenters. The summed E-state index contributed by atoms with van der Waals surface area (Å²) in [5, 5.41) is 2.11. The lowest BCUT2D eigenvalue weighted by Crippen LogP contribution is -2.52. The summed E-state index contributed by atoms with van der Waals surface area (Å²) in [6.45, 7) is 2.24. The van der Waals surface area contributed by atoms with Crippen LogP contribution in [0.15, 0.2) is 65.6 Å². The fraction of sp³-hybridized carbons (Fsp3) is 0.455. The van der Waals surface area contributed by atoms with E-state index in [1.54, 1.807) is 31.4 Å². The van der Waals surface area contributed by atoms with E-state index in [0.717, 1.165) is 24.9 Å². The SMILES string of the molecule is COC[C@@H]1CCCN1N[C@H](COCc1ccccc1)CS(=O)(=O)c1ccccc1. The Balaban J connectivity index is 1.66. The predicted octanol–water partition coefficient (Wildman–Crippen LogP) is 2.66. The van der Waals surface area contributed by atoms with Crippen LogP contribution in [0.5, 0.6) is 0 Å². The molecule has 3 rings (SSSR count). The molecule has 0 bridgehead atoms. The summed E-state index contributed by atoms with van der Waals surface area (Å²) in [7, 11) is -1.74. The smallest absolute Gasteiger partial charge is 0.180 e. The molecule has 6 nitrogen and oxygen atoms in total. The van der Waals surface area contributed by atoms with Crippen molar-refractivity contribution in [2.45, 2.75) is 36.4 Å². The number of methoxy groups -OCH3 is 1. The second-order valence-electron chi connectivity index (χ2n) is 7.37. The number of ether oxygens (including phenoxy) is 2. The van der Waals surface area contributed by atoms with E-state index in [2.05, 4.69) is 10.4 Å². The molecule has 1 aliphatic rings. The van der Waals surface area contributed by atoms with Crippen molar-refractivity contribution < 1.29 is 17.9 Å². The van der Waals surface area contributed by atoms with Crippen molar-refractivity contribution in [2.75, 3.05) is 32.6 Å². The van der Waals surface area contributed by atoms with Crippen LogP contribution in [0.25, 0.3) is 0 Å². The van der Waals surface area contributed by atoms with Gasteiger partial charge in [-0.1, -0.05) is 48.5 Å². The van der Waals surface area contributed by atoms with E-state index in [0.29, 0.717) is 24.7 Å². The molecule has 29 heavy (non-hydrogen) atoms. The summed E-state index contributed by atoms with van der Waals surface area (Å²) in [6.07, 6.45) is 2.09. The third kappa shape index (κ3) is 6.62. The lowest BCUT2D eigenvalue weighted by molar-refractivity contribution is 0.0412. The number of nitrogens with one attached hydrogen (secondary N) is 1. The van der Waals surface area contributed by atoms with Gasteiger partial charge in [-0.25, -0.2) is 18.9 Å². The minimum Gasteiger partial charge on any atom is -0.383 e. The highest BCUT2D eigenvalue weighted by Crippen LogP contribution is 2.17. The zero-order valence-corrected chi connectivity index (χ0v) is 17.7. The molecule has 7 heteroatoms. The molecule has 2 aromatic carbocycles. The lowest BCUT2D eigenvalue weighted by atomic mass is 10.2. The van der Waals surface area contributed by atoms with Crippen LogP contribution in [0.3, 0.4) is 0 Å². The van der Waals surface area contributed by atoms with Crippen LogP contribution in [-0.4, -0.2) is 58.1 Å². The van der Waals surface area contributed by atoms with E-state index >= 15 is 0 Å². The number of hydrogen-bond acceptors (Lipinski definition) is 6. The molecular weight excluding hydrogens is 388 g/mol. The van der Waals surface area contributed by atoms with Crippen LogP contribution in [0, 0.1) is 0 Å². The van der Waals surface area contributed by atoms with Crippen LogP contribution >= 0.6 is 0 Å². The van der Waals surface area contributed by atoms with Crippen molar-refractivity contribution in [3.63, 3.8) is 0 Å². The molecule has 0 aliphatic carbocycles. The Morgan fingerprint density at radius 3 is 2.48 bits per heavy atom. The minimum atomic E-state index is -3.43. The zero-order chi connectivity index (χ0) is 20.5. The summed E-state index contributed by atoms with van der Waals surface area (Å²) in [5.74, 6) is -0.0258. The first-order valence-electron chi connectivity index (χ1n) is 10.00. The maximum Gasteiger partial charge on any atom is 0.180 e. The monoisotopic (exact) mass is 418 g/mol. The van der Waals surface area contributed by atoms with E-state index in [1.807, 2.05) is 36.4 Å². The highest BCUT2D eigenvalue weighted by Gasteiger charge is 2.29. The van der Waals surface area contributed by atoms with E-state index < -0.39 is 9.84 Å². The Kier molecular flexibility index (Phi) is 8.20. The molecule has 1 fully saturated rings. The number of nitrogens with zero attached hydrogens (tertiary/aromatic N) is 1. The molecule has 0 amide bonds. The van der Waals surface area contributed by atoms with Gasteiger partial charge >= 0.3 is 0 Å².